The van der Waals surface area contributed by atoms with Crippen LogP contribution in [0.3, 0.4) is 0 Å². The summed E-state index contributed by atoms with van der Waals surface area (Å²) in [5, 5.41) is 0.337. The lowest BCUT2D eigenvalue weighted by atomic mass is 9.89. The molecule has 168 valence electrons. The number of rotatable bonds is 6. The minimum Gasteiger partial charge on any atom is -0.461 e. The predicted molar refractivity (Wildman–Crippen MR) is 122 cm³/mol. The molecule has 2 aromatic heterocycles. The maximum atomic E-state index is 13.0. The lowest BCUT2D eigenvalue weighted by Gasteiger charge is -2.26. The highest BCUT2D eigenvalue weighted by molar-refractivity contribution is 7.20. The van der Waals surface area contributed by atoms with Gasteiger partial charge in [0.15, 0.2) is 0 Å². The minimum atomic E-state index is -0.494. The molecule has 1 aromatic carbocycles. The van der Waals surface area contributed by atoms with E-state index in [-0.39, 0.29) is 24.8 Å². The van der Waals surface area contributed by atoms with Crippen molar-refractivity contribution >= 4 is 33.5 Å². The van der Waals surface area contributed by atoms with Crippen molar-refractivity contribution in [1.82, 2.24) is 9.55 Å². The van der Waals surface area contributed by atoms with Crippen molar-refractivity contribution in [2.45, 2.75) is 58.8 Å². The van der Waals surface area contributed by atoms with Gasteiger partial charge in [0.25, 0.3) is 5.56 Å². The molecule has 1 aliphatic rings. The van der Waals surface area contributed by atoms with Crippen molar-refractivity contribution in [3.8, 4) is 0 Å². The Morgan fingerprint density at radius 2 is 1.88 bits per heavy atom. The van der Waals surface area contributed by atoms with E-state index in [1.165, 1.54) is 10.9 Å². The van der Waals surface area contributed by atoms with E-state index >= 15 is 0 Å². The van der Waals surface area contributed by atoms with Gasteiger partial charge in [-0.25, -0.2) is 9.78 Å². The molecule has 3 aromatic rings. The number of hydrogen-bond donors (Lipinski definition) is 0. The molecule has 0 radical (unpaired) electrons. The van der Waals surface area contributed by atoms with Crippen LogP contribution in [0.15, 0.2) is 41.5 Å². The second-order valence-corrected chi connectivity index (χ2v) is 9.35. The van der Waals surface area contributed by atoms with Crippen LogP contribution in [0.25, 0.3) is 10.2 Å². The zero-order chi connectivity index (χ0) is 22.7. The molecular weight excluding hydrogens is 428 g/mol. The highest BCUT2D eigenvalue weighted by Crippen LogP contribution is 2.28. The molecule has 1 aliphatic carbocycles. The van der Waals surface area contributed by atoms with Crippen LogP contribution in [0, 0.1) is 12.8 Å². The fraction of sp³-hybridized carbons (Fsp3) is 0.417. The maximum Gasteiger partial charge on any atom is 0.349 e. The fourth-order valence-corrected chi connectivity index (χ4v) is 5.00. The molecule has 2 heterocycles. The van der Waals surface area contributed by atoms with E-state index in [1.54, 1.807) is 6.92 Å². The molecule has 0 unspecified atom stereocenters. The van der Waals surface area contributed by atoms with E-state index in [0.29, 0.717) is 26.6 Å². The van der Waals surface area contributed by atoms with Crippen LogP contribution >= 0.6 is 11.3 Å². The smallest absolute Gasteiger partial charge is 0.349 e. The summed E-state index contributed by atoms with van der Waals surface area (Å²) in [5.74, 6) is -0.274. The lowest BCUT2D eigenvalue weighted by Crippen LogP contribution is -2.29. The van der Waals surface area contributed by atoms with Gasteiger partial charge in [0, 0.05) is 0 Å². The number of hydrogen-bond acceptors (Lipinski definition) is 7. The number of aromatic nitrogens is 2. The van der Waals surface area contributed by atoms with E-state index in [1.807, 2.05) is 30.3 Å². The van der Waals surface area contributed by atoms with Gasteiger partial charge in [0.2, 0.25) is 0 Å². The molecule has 8 heteroatoms. The third-order valence-corrected chi connectivity index (χ3v) is 7.06. The van der Waals surface area contributed by atoms with Crippen LogP contribution in [0.1, 0.15) is 53.4 Å². The molecule has 0 amide bonds. The Morgan fingerprint density at radius 3 is 2.59 bits per heavy atom. The molecule has 4 rings (SSSR count). The molecule has 0 N–H and O–H groups in total. The van der Waals surface area contributed by atoms with E-state index in [0.717, 1.165) is 42.6 Å². The van der Waals surface area contributed by atoms with E-state index in [4.69, 9.17) is 9.47 Å². The number of esters is 2. The molecule has 0 spiro atoms. The first kappa shape index (κ1) is 22.2. The summed E-state index contributed by atoms with van der Waals surface area (Å²) in [7, 11) is 0. The van der Waals surface area contributed by atoms with Crippen molar-refractivity contribution < 1.29 is 19.1 Å². The van der Waals surface area contributed by atoms with Gasteiger partial charge in [-0.05, 0) is 49.7 Å². The van der Waals surface area contributed by atoms with Gasteiger partial charge >= 0.3 is 11.9 Å². The Morgan fingerprint density at radius 1 is 1.16 bits per heavy atom. The quantitative estimate of drug-likeness (QED) is 0.518. The number of nitrogens with zero attached hydrogens (tertiary/aromatic N) is 2. The Labute approximate surface area is 190 Å². The molecule has 1 saturated carbocycles. The molecule has 32 heavy (non-hydrogen) atoms. The Hall–Kier alpha value is -3.00. The van der Waals surface area contributed by atoms with Crippen molar-refractivity contribution in [2.75, 3.05) is 0 Å². The van der Waals surface area contributed by atoms with Crippen molar-refractivity contribution in [1.29, 1.82) is 0 Å². The largest absolute Gasteiger partial charge is 0.461 e. The van der Waals surface area contributed by atoms with Crippen LogP contribution in [0.2, 0.25) is 0 Å². The number of benzene rings is 1. The zero-order valence-corrected chi connectivity index (χ0v) is 19.0. The molecular formula is C24H26N2O5S. The number of fused-ring (bicyclic) bond motifs is 1. The first-order valence-electron chi connectivity index (χ1n) is 10.8. The first-order chi connectivity index (χ1) is 15.4. The van der Waals surface area contributed by atoms with Crippen molar-refractivity contribution in [3.63, 3.8) is 0 Å². The van der Waals surface area contributed by atoms with E-state index < -0.39 is 11.9 Å². The second kappa shape index (κ2) is 9.65. The van der Waals surface area contributed by atoms with Crippen molar-refractivity contribution in [3.05, 3.63) is 63.0 Å². The summed E-state index contributed by atoms with van der Waals surface area (Å²) < 4.78 is 12.2. The Bertz CT molecular complexity index is 1180. The summed E-state index contributed by atoms with van der Waals surface area (Å²) in [5.41, 5.74) is 1.04. The Balaban J connectivity index is 1.47. The van der Waals surface area contributed by atoms with E-state index in [2.05, 4.69) is 11.9 Å². The SMILES string of the molecule is Cc1c(C(=O)OCc2ccccc2)sc2ncn(CC(=O)OC3CCC(C)CC3)c(=O)c12. The number of aryl methyl sites for hydroxylation is 1. The van der Waals surface area contributed by atoms with Gasteiger partial charge in [0.1, 0.15) is 29.0 Å². The third kappa shape index (κ3) is 4.91. The van der Waals surface area contributed by atoms with Gasteiger partial charge in [0.05, 0.1) is 11.7 Å². The summed E-state index contributed by atoms with van der Waals surface area (Å²) in [4.78, 5) is 43.1. The zero-order valence-electron chi connectivity index (χ0n) is 18.2. The van der Waals surface area contributed by atoms with Gasteiger partial charge < -0.3 is 9.47 Å². The van der Waals surface area contributed by atoms with Gasteiger partial charge in [-0.15, -0.1) is 11.3 Å². The molecule has 0 saturated heterocycles. The molecule has 7 nitrogen and oxygen atoms in total. The maximum absolute atomic E-state index is 13.0. The molecule has 1 fully saturated rings. The highest BCUT2D eigenvalue weighted by Gasteiger charge is 2.24. The molecule has 0 aliphatic heterocycles. The number of carbonyl (C=O) groups is 2. The first-order valence-corrected chi connectivity index (χ1v) is 11.6. The average molecular weight is 455 g/mol. The van der Waals surface area contributed by atoms with Crippen LogP contribution < -0.4 is 5.56 Å². The normalized spacial score (nSPS) is 18.4. The number of carbonyl (C=O) groups excluding carboxylic acids is 2. The number of ether oxygens (including phenoxy) is 2. The second-order valence-electron chi connectivity index (χ2n) is 8.35. The predicted octanol–water partition coefficient (Wildman–Crippen LogP) is 4.25. The van der Waals surface area contributed by atoms with E-state index in [9.17, 15) is 14.4 Å². The van der Waals surface area contributed by atoms with Crippen LogP contribution in [0.5, 0.6) is 0 Å². The van der Waals surface area contributed by atoms with Crippen LogP contribution in [-0.2, 0) is 27.4 Å². The van der Waals surface area contributed by atoms with Gasteiger partial charge in [-0.1, -0.05) is 37.3 Å². The van der Waals surface area contributed by atoms with Crippen molar-refractivity contribution in [2.24, 2.45) is 5.92 Å². The third-order valence-electron chi connectivity index (χ3n) is 5.88. The summed E-state index contributed by atoms with van der Waals surface area (Å²) >= 11 is 1.12. The standard InChI is InChI=1S/C24H26N2O5S/c1-15-8-10-18(11-9-15)31-19(27)12-26-14-25-22-20(23(26)28)16(2)21(32-22)24(29)30-13-17-6-4-3-5-7-17/h3-7,14-15,18H,8-13H2,1-2H3. The summed E-state index contributed by atoms with van der Waals surface area (Å²) in [6.07, 6.45) is 5.06. The lowest BCUT2D eigenvalue weighted by molar-refractivity contribution is -0.151. The monoisotopic (exact) mass is 454 g/mol. The molecule has 0 bridgehead atoms. The fourth-order valence-electron chi connectivity index (χ4n) is 3.96. The molecule has 0 atom stereocenters. The Kier molecular flexibility index (Phi) is 6.69. The van der Waals surface area contributed by atoms with Crippen LogP contribution in [0.4, 0.5) is 0 Å². The summed E-state index contributed by atoms with van der Waals surface area (Å²) in [6.45, 7) is 3.86. The minimum absolute atomic E-state index is 0.0834. The average Bonchev–Trinajstić information content (AvgIpc) is 3.13. The van der Waals surface area contributed by atoms with Gasteiger partial charge in [-0.2, -0.15) is 0 Å². The number of thiophene rings is 1. The van der Waals surface area contributed by atoms with Crippen LogP contribution in [-0.4, -0.2) is 27.6 Å². The van der Waals surface area contributed by atoms with Gasteiger partial charge in [-0.3, -0.25) is 14.2 Å². The summed E-state index contributed by atoms with van der Waals surface area (Å²) in [6, 6.07) is 9.39. The topological polar surface area (TPSA) is 87.5 Å². The highest BCUT2D eigenvalue weighted by atomic mass is 32.1.